The number of nitrogens with zero attached hydrogens (tertiary/aromatic N) is 2. The summed E-state index contributed by atoms with van der Waals surface area (Å²) in [7, 11) is -3.43. The first-order valence-electron chi connectivity index (χ1n) is 9.45. The lowest BCUT2D eigenvalue weighted by Crippen LogP contribution is -2.41. The largest absolute Gasteiger partial charge is 0.351 e. The van der Waals surface area contributed by atoms with Gasteiger partial charge in [0.25, 0.3) is 0 Å². The first-order chi connectivity index (χ1) is 12.4. The van der Waals surface area contributed by atoms with E-state index < -0.39 is 10.0 Å². The summed E-state index contributed by atoms with van der Waals surface area (Å²) in [5.74, 6) is 0.663. The Morgan fingerprint density at radius 1 is 1.23 bits per heavy atom. The van der Waals surface area contributed by atoms with Gasteiger partial charge in [-0.05, 0) is 43.0 Å². The van der Waals surface area contributed by atoms with E-state index in [-0.39, 0.29) is 5.91 Å². The van der Waals surface area contributed by atoms with Crippen LogP contribution in [0.2, 0.25) is 0 Å². The number of sulfonamides is 1. The minimum absolute atomic E-state index is 0.0129. The number of likely N-dealkylation sites (tertiary alicyclic amines) is 1. The minimum atomic E-state index is -3.43. The standard InChI is InChI=1S/C19H31N3O3S/c1-4-22(5-2)26(24,25)18-10-8-17(9-11-18)13-20-19(23)15-21-12-6-7-16(3)14-21/h8-11,16H,4-7,12-15H2,1-3H3,(H,20,23)/t16-/m0/s1. The Balaban J connectivity index is 1.88. The second kappa shape index (κ2) is 9.48. The Hall–Kier alpha value is -1.44. The molecule has 1 aliphatic rings. The van der Waals surface area contributed by atoms with Crippen LogP contribution >= 0.6 is 0 Å². The van der Waals surface area contributed by atoms with Crippen molar-refractivity contribution in [2.75, 3.05) is 32.7 Å². The van der Waals surface area contributed by atoms with Gasteiger partial charge in [0.15, 0.2) is 0 Å². The zero-order valence-electron chi connectivity index (χ0n) is 16.1. The second-order valence-corrected chi connectivity index (χ2v) is 8.93. The summed E-state index contributed by atoms with van der Waals surface area (Å²) in [5.41, 5.74) is 0.892. The summed E-state index contributed by atoms with van der Waals surface area (Å²) < 4.78 is 26.4. The van der Waals surface area contributed by atoms with Gasteiger partial charge in [-0.1, -0.05) is 32.9 Å². The molecular formula is C19H31N3O3S. The normalized spacial score (nSPS) is 18.8. The van der Waals surface area contributed by atoms with Crippen LogP contribution in [0.5, 0.6) is 0 Å². The van der Waals surface area contributed by atoms with Crippen LogP contribution in [0.4, 0.5) is 0 Å². The van der Waals surface area contributed by atoms with Crippen molar-refractivity contribution in [2.24, 2.45) is 5.92 Å². The Bertz CT molecular complexity index is 684. The predicted molar refractivity (Wildman–Crippen MR) is 103 cm³/mol. The highest BCUT2D eigenvalue weighted by Crippen LogP contribution is 2.17. The third-order valence-corrected chi connectivity index (χ3v) is 6.93. The number of nitrogens with one attached hydrogen (secondary N) is 1. The third kappa shape index (κ3) is 5.53. The summed E-state index contributed by atoms with van der Waals surface area (Å²) in [6.07, 6.45) is 2.39. The monoisotopic (exact) mass is 381 g/mol. The van der Waals surface area contributed by atoms with Gasteiger partial charge in [-0.3, -0.25) is 9.69 Å². The number of rotatable bonds is 8. The molecule has 1 aliphatic heterocycles. The van der Waals surface area contributed by atoms with Crippen LogP contribution in [0.1, 0.15) is 39.2 Å². The van der Waals surface area contributed by atoms with Crippen molar-refractivity contribution >= 4 is 15.9 Å². The number of amides is 1. The van der Waals surface area contributed by atoms with Gasteiger partial charge in [-0.2, -0.15) is 4.31 Å². The van der Waals surface area contributed by atoms with Gasteiger partial charge >= 0.3 is 0 Å². The molecule has 0 saturated carbocycles. The summed E-state index contributed by atoms with van der Waals surface area (Å²) >= 11 is 0. The van der Waals surface area contributed by atoms with E-state index in [2.05, 4.69) is 17.1 Å². The smallest absolute Gasteiger partial charge is 0.243 e. The maximum absolute atomic E-state index is 12.5. The van der Waals surface area contributed by atoms with Crippen LogP contribution in [0.15, 0.2) is 29.2 Å². The number of piperidine rings is 1. The molecule has 1 amide bonds. The maximum atomic E-state index is 12.5. The fourth-order valence-electron chi connectivity index (χ4n) is 3.38. The molecule has 1 aromatic carbocycles. The van der Waals surface area contributed by atoms with Crippen LogP contribution in [-0.2, 0) is 21.4 Å². The summed E-state index contributed by atoms with van der Waals surface area (Å²) in [4.78, 5) is 14.6. The van der Waals surface area contributed by atoms with Gasteiger partial charge in [0.2, 0.25) is 15.9 Å². The van der Waals surface area contributed by atoms with Gasteiger partial charge < -0.3 is 5.32 Å². The van der Waals surface area contributed by atoms with Crippen LogP contribution in [0.25, 0.3) is 0 Å². The molecule has 7 heteroatoms. The zero-order valence-corrected chi connectivity index (χ0v) is 16.9. The van der Waals surface area contributed by atoms with Crippen LogP contribution < -0.4 is 5.32 Å². The third-order valence-electron chi connectivity index (χ3n) is 4.86. The number of carbonyl (C=O) groups excluding carboxylic acids is 1. The Kier molecular flexibility index (Phi) is 7.61. The molecule has 1 fully saturated rings. The van der Waals surface area contributed by atoms with Gasteiger partial charge in [-0.25, -0.2) is 8.42 Å². The average molecular weight is 382 g/mol. The molecule has 6 nitrogen and oxygen atoms in total. The van der Waals surface area contributed by atoms with Gasteiger partial charge in [0, 0.05) is 26.2 Å². The molecule has 1 atom stereocenters. The highest BCUT2D eigenvalue weighted by atomic mass is 32.2. The molecule has 26 heavy (non-hydrogen) atoms. The van der Waals surface area contributed by atoms with Crippen LogP contribution in [-0.4, -0.2) is 56.3 Å². The first-order valence-corrected chi connectivity index (χ1v) is 10.9. The Morgan fingerprint density at radius 2 is 1.88 bits per heavy atom. The fraction of sp³-hybridized carbons (Fsp3) is 0.632. The SMILES string of the molecule is CCN(CC)S(=O)(=O)c1ccc(CNC(=O)CN2CCC[C@H](C)C2)cc1. The van der Waals surface area contributed by atoms with Crippen molar-refractivity contribution in [1.82, 2.24) is 14.5 Å². The molecular weight excluding hydrogens is 350 g/mol. The average Bonchev–Trinajstić information content (AvgIpc) is 2.61. The van der Waals surface area contributed by atoms with E-state index in [1.54, 1.807) is 24.3 Å². The molecule has 146 valence electrons. The fourth-order valence-corrected chi connectivity index (χ4v) is 4.84. The first kappa shape index (κ1) is 20.9. The molecule has 0 spiro atoms. The number of benzene rings is 1. The van der Waals surface area contributed by atoms with E-state index in [4.69, 9.17) is 0 Å². The minimum Gasteiger partial charge on any atom is -0.351 e. The van der Waals surface area contributed by atoms with Gasteiger partial charge in [-0.15, -0.1) is 0 Å². The number of hydrogen-bond donors (Lipinski definition) is 1. The molecule has 2 rings (SSSR count). The quantitative estimate of drug-likeness (QED) is 0.748. The molecule has 1 saturated heterocycles. The second-order valence-electron chi connectivity index (χ2n) is 6.99. The van der Waals surface area contributed by atoms with E-state index >= 15 is 0 Å². The lowest BCUT2D eigenvalue weighted by Gasteiger charge is -2.30. The van der Waals surface area contributed by atoms with Crippen molar-refractivity contribution in [2.45, 2.75) is 45.1 Å². The summed E-state index contributed by atoms with van der Waals surface area (Å²) in [6.45, 7) is 9.57. The molecule has 1 heterocycles. The summed E-state index contributed by atoms with van der Waals surface area (Å²) in [5, 5.41) is 2.92. The lowest BCUT2D eigenvalue weighted by atomic mass is 10.0. The molecule has 0 unspecified atom stereocenters. The van der Waals surface area contributed by atoms with Gasteiger partial charge in [0.1, 0.15) is 0 Å². The molecule has 1 aromatic rings. The summed E-state index contributed by atoms with van der Waals surface area (Å²) in [6, 6.07) is 6.75. The molecule has 0 radical (unpaired) electrons. The van der Waals surface area contributed by atoms with E-state index in [1.807, 2.05) is 13.8 Å². The topological polar surface area (TPSA) is 69.7 Å². The van der Waals surface area contributed by atoms with Gasteiger partial charge in [0.05, 0.1) is 11.4 Å². The van der Waals surface area contributed by atoms with E-state index in [0.717, 1.165) is 25.1 Å². The Labute approximate surface area is 157 Å². The maximum Gasteiger partial charge on any atom is 0.243 e. The predicted octanol–water partition coefficient (Wildman–Crippen LogP) is 2.07. The van der Waals surface area contributed by atoms with E-state index in [9.17, 15) is 13.2 Å². The van der Waals surface area contributed by atoms with Crippen molar-refractivity contribution in [3.8, 4) is 0 Å². The Morgan fingerprint density at radius 3 is 2.46 bits per heavy atom. The molecule has 1 N–H and O–H groups in total. The highest BCUT2D eigenvalue weighted by Gasteiger charge is 2.21. The van der Waals surface area contributed by atoms with Crippen molar-refractivity contribution in [1.29, 1.82) is 0 Å². The van der Waals surface area contributed by atoms with Crippen LogP contribution in [0, 0.1) is 5.92 Å². The van der Waals surface area contributed by atoms with Crippen molar-refractivity contribution in [3.63, 3.8) is 0 Å². The van der Waals surface area contributed by atoms with Crippen LogP contribution in [0.3, 0.4) is 0 Å². The number of hydrogen-bond acceptors (Lipinski definition) is 4. The van der Waals surface area contributed by atoms with E-state index in [1.165, 1.54) is 10.7 Å². The van der Waals surface area contributed by atoms with Crippen molar-refractivity contribution < 1.29 is 13.2 Å². The molecule has 0 bridgehead atoms. The molecule has 0 aromatic heterocycles. The highest BCUT2D eigenvalue weighted by molar-refractivity contribution is 7.89. The van der Waals surface area contributed by atoms with Crippen molar-refractivity contribution in [3.05, 3.63) is 29.8 Å². The zero-order chi connectivity index (χ0) is 19.2. The molecule has 0 aliphatic carbocycles. The lowest BCUT2D eigenvalue weighted by molar-refractivity contribution is -0.122. The number of carbonyl (C=O) groups is 1. The van der Waals surface area contributed by atoms with E-state index in [0.29, 0.717) is 37.0 Å².